The van der Waals surface area contributed by atoms with Gasteiger partial charge in [0.1, 0.15) is 5.82 Å². The third-order valence-corrected chi connectivity index (χ3v) is 4.17. The molecule has 3 aromatic rings. The van der Waals surface area contributed by atoms with Crippen molar-refractivity contribution in [2.24, 2.45) is 0 Å². The zero-order chi connectivity index (χ0) is 14.3. The summed E-state index contributed by atoms with van der Waals surface area (Å²) in [5, 5.41) is 16.0. The van der Waals surface area contributed by atoms with Gasteiger partial charge in [0.15, 0.2) is 11.5 Å². The van der Waals surface area contributed by atoms with Crippen molar-refractivity contribution < 1.29 is 0 Å². The molecule has 3 aromatic heterocycles. The van der Waals surface area contributed by atoms with E-state index in [0.29, 0.717) is 0 Å². The highest BCUT2D eigenvalue weighted by atomic mass is 15.4. The van der Waals surface area contributed by atoms with Gasteiger partial charge in [0.2, 0.25) is 0 Å². The smallest absolute Gasteiger partial charge is 0.178 e. The number of nitrogens with one attached hydrogen (secondary N) is 1. The molecule has 1 N–H and O–H groups in total. The van der Waals surface area contributed by atoms with Crippen LogP contribution in [0, 0.1) is 6.92 Å². The van der Waals surface area contributed by atoms with Crippen LogP contribution in [-0.4, -0.2) is 31.3 Å². The van der Waals surface area contributed by atoms with Gasteiger partial charge in [0.05, 0.1) is 0 Å². The molecule has 0 aromatic carbocycles. The Morgan fingerprint density at radius 3 is 2.71 bits per heavy atom. The maximum absolute atomic E-state index is 4.53. The number of hydrogen-bond acceptors (Lipinski definition) is 5. The third-order valence-electron chi connectivity index (χ3n) is 4.17. The minimum atomic E-state index is 0.238. The first-order valence-electron chi connectivity index (χ1n) is 7.10. The number of rotatable bonds is 4. The first-order valence-corrected chi connectivity index (χ1v) is 7.10. The highest BCUT2D eigenvalue weighted by Gasteiger charge is 2.43. The van der Waals surface area contributed by atoms with Crippen LogP contribution >= 0.6 is 0 Å². The molecule has 1 aliphatic rings. The van der Waals surface area contributed by atoms with E-state index >= 15 is 0 Å². The van der Waals surface area contributed by atoms with Crippen LogP contribution < -0.4 is 5.32 Å². The highest BCUT2D eigenvalue weighted by molar-refractivity contribution is 5.45. The van der Waals surface area contributed by atoms with E-state index in [9.17, 15) is 0 Å². The van der Waals surface area contributed by atoms with Gasteiger partial charge < -0.3 is 5.32 Å². The predicted molar refractivity (Wildman–Crippen MR) is 79.2 cm³/mol. The highest BCUT2D eigenvalue weighted by Crippen LogP contribution is 2.47. The van der Waals surface area contributed by atoms with Gasteiger partial charge in [0, 0.05) is 24.4 Å². The maximum atomic E-state index is 4.53. The van der Waals surface area contributed by atoms with E-state index in [-0.39, 0.29) is 5.41 Å². The van der Waals surface area contributed by atoms with Crippen molar-refractivity contribution >= 4 is 11.5 Å². The predicted octanol–water partition coefficient (Wildman–Crippen LogP) is 1.97. The lowest BCUT2D eigenvalue weighted by Gasteiger charge is -2.16. The lowest BCUT2D eigenvalue weighted by Crippen LogP contribution is -2.20. The fourth-order valence-corrected chi connectivity index (χ4v) is 2.67. The molecule has 0 amide bonds. The molecule has 0 spiro atoms. The van der Waals surface area contributed by atoms with Gasteiger partial charge in [-0.2, -0.15) is 4.52 Å². The summed E-state index contributed by atoms with van der Waals surface area (Å²) in [6, 6.07) is 8.10. The number of aryl methyl sites for hydroxylation is 1. The van der Waals surface area contributed by atoms with E-state index in [0.717, 1.165) is 23.8 Å². The normalized spacial score (nSPS) is 16.0. The number of fused-ring (bicyclic) bond motifs is 1. The Hall–Kier alpha value is -2.50. The Morgan fingerprint density at radius 2 is 1.95 bits per heavy atom. The molecule has 1 aliphatic carbocycles. The summed E-state index contributed by atoms with van der Waals surface area (Å²) in [7, 11) is 0. The molecule has 0 unspecified atom stereocenters. The van der Waals surface area contributed by atoms with Crippen LogP contribution in [0.5, 0.6) is 0 Å². The van der Waals surface area contributed by atoms with E-state index in [4.69, 9.17) is 0 Å². The van der Waals surface area contributed by atoms with Gasteiger partial charge in [0.25, 0.3) is 0 Å². The van der Waals surface area contributed by atoms with E-state index in [1.165, 1.54) is 18.4 Å². The minimum absolute atomic E-state index is 0.238. The lowest BCUT2D eigenvalue weighted by molar-refractivity contribution is 0.724. The van der Waals surface area contributed by atoms with Gasteiger partial charge in [-0.3, -0.25) is 4.98 Å². The van der Waals surface area contributed by atoms with Crippen LogP contribution in [0.4, 0.5) is 5.82 Å². The third kappa shape index (κ3) is 2.12. The number of hydrogen-bond donors (Lipinski definition) is 1. The van der Waals surface area contributed by atoms with Crippen LogP contribution in [0.1, 0.15) is 24.2 Å². The summed E-state index contributed by atoms with van der Waals surface area (Å²) in [4.78, 5) is 4.09. The lowest BCUT2D eigenvalue weighted by atomic mass is 9.97. The summed E-state index contributed by atoms with van der Waals surface area (Å²) in [6.45, 7) is 2.78. The molecule has 0 radical (unpaired) electrons. The van der Waals surface area contributed by atoms with Crippen molar-refractivity contribution in [3.05, 3.63) is 48.0 Å². The molecule has 1 fully saturated rings. The molecule has 0 saturated heterocycles. The molecule has 0 bridgehead atoms. The van der Waals surface area contributed by atoms with Gasteiger partial charge in [-0.1, -0.05) is 0 Å². The quantitative estimate of drug-likeness (QED) is 0.791. The van der Waals surface area contributed by atoms with E-state index in [2.05, 4.69) is 37.7 Å². The molecule has 0 aliphatic heterocycles. The Balaban J connectivity index is 1.54. The van der Waals surface area contributed by atoms with Crippen molar-refractivity contribution in [1.82, 2.24) is 24.8 Å². The number of anilines is 1. The Labute approximate surface area is 122 Å². The summed E-state index contributed by atoms with van der Waals surface area (Å²) >= 11 is 0. The van der Waals surface area contributed by atoms with Crippen molar-refractivity contribution in [2.45, 2.75) is 25.2 Å². The van der Waals surface area contributed by atoms with Crippen LogP contribution in [0.3, 0.4) is 0 Å². The SMILES string of the molecule is Cc1nnc2ccc(NCC3(c4ccncc4)CC3)nn12. The van der Waals surface area contributed by atoms with Gasteiger partial charge in [-0.25, -0.2) is 0 Å². The monoisotopic (exact) mass is 280 g/mol. The van der Waals surface area contributed by atoms with Crippen molar-refractivity contribution in [2.75, 3.05) is 11.9 Å². The average Bonchev–Trinajstić information content (AvgIpc) is 3.25. The summed E-state index contributed by atoms with van der Waals surface area (Å²) in [5.74, 6) is 1.65. The van der Waals surface area contributed by atoms with Crippen LogP contribution in [0.15, 0.2) is 36.7 Å². The molecular formula is C15H16N6. The molecular weight excluding hydrogens is 264 g/mol. The summed E-state index contributed by atoms with van der Waals surface area (Å²) in [6.07, 6.45) is 6.14. The standard InChI is InChI=1S/C15H16N6/c1-11-18-19-14-3-2-13(20-21(11)14)17-10-15(6-7-15)12-4-8-16-9-5-12/h2-5,8-9H,6-7,10H2,1H3,(H,17,20). The topological polar surface area (TPSA) is 68.0 Å². The van der Waals surface area contributed by atoms with Crippen molar-refractivity contribution in [1.29, 1.82) is 0 Å². The zero-order valence-corrected chi connectivity index (χ0v) is 11.8. The van der Waals surface area contributed by atoms with E-state index in [1.54, 1.807) is 4.52 Å². The zero-order valence-electron chi connectivity index (χ0n) is 11.8. The molecule has 3 heterocycles. The second-order valence-electron chi connectivity index (χ2n) is 5.61. The van der Waals surface area contributed by atoms with Gasteiger partial charge >= 0.3 is 0 Å². The molecule has 6 nitrogen and oxygen atoms in total. The van der Waals surface area contributed by atoms with Gasteiger partial charge in [-0.15, -0.1) is 15.3 Å². The van der Waals surface area contributed by atoms with Crippen LogP contribution in [0.25, 0.3) is 5.65 Å². The molecule has 21 heavy (non-hydrogen) atoms. The Morgan fingerprint density at radius 1 is 1.14 bits per heavy atom. The molecule has 106 valence electrons. The average molecular weight is 280 g/mol. The molecule has 0 atom stereocenters. The second kappa shape index (κ2) is 4.51. The first kappa shape index (κ1) is 12.3. The summed E-state index contributed by atoms with van der Waals surface area (Å²) < 4.78 is 1.76. The van der Waals surface area contributed by atoms with Crippen molar-refractivity contribution in [3.63, 3.8) is 0 Å². The maximum Gasteiger partial charge on any atom is 0.178 e. The Kier molecular flexibility index (Phi) is 2.63. The van der Waals surface area contributed by atoms with Crippen LogP contribution in [0.2, 0.25) is 0 Å². The second-order valence-corrected chi connectivity index (χ2v) is 5.61. The molecule has 4 rings (SSSR count). The first-order chi connectivity index (χ1) is 10.3. The van der Waals surface area contributed by atoms with E-state index < -0.39 is 0 Å². The number of nitrogens with zero attached hydrogens (tertiary/aromatic N) is 5. The minimum Gasteiger partial charge on any atom is -0.368 e. The van der Waals surface area contributed by atoms with Crippen molar-refractivity contribution in [3.8, 4) is 0 Å². The van der Waals surface area contributed by atoms with Gasteiger partial charge in [-0.05, 0) is 49.6 Å². The largest absolute Gasteiger partial charge is 0.368 e. The number of aromatic nitrogens is 5. The van der Waals surface area contributed by atoms with Crippen LogP contribution in [-0.2, 0) is 5.41 Å². The Bertz CT molecular complexity index is 775. The number of pyridine rings is 1. The van der Waals surface area contributed by atoms with E-state index in [1.807, 2.05) is 31.5 Å². The summed E-state index contributed by atoms with van der Waals surface area (Å²) in [5.41, 5.74) is 2.36. The molecule has 1 saturated carbocycles. The fourth-order valence-electron chi connectivity index (χ4n) is 2.67. The molecule has 6 heteroatoms. The fraction of sp³-hybridized carbons (Fsp3) is 0.333.